The highest BCUT2D eigenvalue weighted by Crippen LogP contribution is 2.12. The van der Waals surface area contributed by atoms with Gasteiger partial charge in [-0.15, -0.1) is 0 Å². The number of hydrogen-bond donors (Lipinski definition) is 1. The van der Waals surface area contributed by atoms with Crippen LogP contribution in [0, 0.1) is 0 Å². The summed E-state index contributed by atoms with van der Waals surface area (Å²) in [4.78, 5) is 0.0140. The summed E-state index contributed by atoms with van der Waals surface area (Å²) in [7, 11) is -3.40. The molecule has 2 N–H and O–H groups in total. The van der Waals surface area contributed by atoms with Crippen LogP contribution in [0.15, 0.2) is 0 Å². The molecule has 1 rings (SSSR count). The summed E-state index contributed by atoms with van der Waals surface area (Å²) in [6.45, 7) is 3.42. The normalized spacial score (nSPS) is 21.9. The van der Waals surface area contributed by atoms with Gasteiger partial charge in [-0.3, -0.25) is 0 Å². The number of rotatable bonds is 3. The van der Waals surface area contributed by atoms with E-state index in [0.717, 1.165) is 0 Å². The Hall–Kier alpha value is -0.240. The molecule has 0 aromatic heterocycles. The lowest BCUT2D eigenvalue weighted by molar-refractivity contribution is 0.148. The first-order valence-corrected chi connectivity index (χ1v) is 6.73. The molecule has 1 unspecified atom stereocenters. The predicted molar refractivity (Wildman–Crippen MR) is 62.2 cm³/mol. The predicted octanol–water partition coefficient (Wildman–Crippen LogP) is -0.287. The highest BCUT2D eigenvalue weighted by Gasteiger charge is 2.30. The second kappa shape index (κ2) is 5.20. The third-order valence-electron chi connectivity index (χ3n) is 2.39. The van der Waals surface area contributed by atoms with E-state index in [9.17, 15) is 8.42 Å². The van der Waals surface area contributed by atoms with Gasteiger partial charge in [-0.05, 0) is 13.3 Å². The molecule has 1 heterocycles. The van der Waals surface area contributed by atoms with E-state index in [1.54, 1.807) is 0 Å². The van der Waals surface area contributed by atoms with Crippen LogP contribution in [0.1, 0.15) is 13.3 Å². The maximum atomic E-state index is 12.0. The molecule has 0 aliphatic carbocycles. The Balaban J connectivity index is 2.79. The summed E-state index contributed by atoms with van der Waals surface area (Å²) in [6, 6.07) is 0. The molecular weight excluding hydrogens is 236 g/mol. The van der Waals surface area contributed by atoms with Crippen LogP contribution in [0.5, 0.6) is 0 Å². The molecule has 0 bridgehead atoms. The van der Waals surface area contributed by atoms with E-state index in [0.29, 0.717) is 32.7 Å². The lowest BCUT2D eigenvalue weighted by Gasteiger charge is -2.22. The van der Waals surface area contributed by atoms with E-state index < -0.39 is 15.3 Å². The molecular formula is C8H16N2O3S2. The summed E-state index contributed by atoms with van der Waals surface area (Å²) in [5, 5.41) is -0.800. The molecule has 0 amide bonds. The fourth-order valence-electron chi connectivity index (χ4n) is 1.35. The van der Waals surface area contributed by atoms with Crippen molar-refractivity contribution in [2.45, 2.75) is 18.6 Å². The Kier molecular flexibility index (Phi) is 4.45. The summed E-state index contributed by atoms with van der Waals surface area (Å²) in [5.74, 6) is 0. The number of hydrogen-bond acceptors (Lipinski definition) is 4. The van der Waals surface area contributed by atoms with Crippen molar-refractivity contribution >= 4 is 27.2 Å². The zero-order chi connectivity index (χ0) is 11.5. The van der Waals surface area contributed by atoms with E-state index in [2.05, 4.69) is 0 Å². The minimum absolute atomic E-state index is 0.0140. The molecule has 1 aliphatic rings. The van der Waals surface area contributed by atoms with Crippen LogP contribution in [0.2, 0.25) is 0 Å². The van der Waals surface area contributed by atoms with Crippen molar-refractivity contribution in [3.8, 4) is 0 Å². The van der Waals surface area contributed by atoms with Gasteiger partial charge < -0.3 is 10.5 Å². The van der Waals surface area contributed by atoms with Gasteiger partial charge in [-0.25, -0.2) is 8.42 Å². The molecule has 1 atom stereocenters. The van der Waals surface area contributed by atoms with Crippen molar-refractivity contribution in [1.82, 2.24) is 4.31 Å². The Morgan fingerprint density at radius 1 is 1.47 bits per heavy atom. The number of sulfonamides is 1. The number of ether oxygens (including phenoxy) is 1. The molecule has 1 saturated heterocycles. The Bertz CT molecular complexity index is 321. The minimum Gasteiger partial charge on any atom is -0.392 e. The summed E-state index contributed by atoms with van der Waals surface area (Å²) >= 11 is 4.71. The van der Waals surface area contributed by atoms with Crippen molar-refractivity contribution in [2.24, 2.45) is 5.73 Å². The highest BCUT2D eigenvalue weighted by molar-refractivity contribution is 7.92. The third kappa shape index (κ3) is 3.10. The van der Waals surface area contributed by atoms with Gasteiger partial charge in [0.15, 0.2) is 0 Å². The zero-order valence-electron chi connectivity index (χ0n) is 8.68. The minimum atomic E-state index is -3.40. The van der Waals surface area contributed by atoms with Crippen LogP contribution in [-0.2, 0) is 14.8 Å². The van der Waals surface area contributed by atoms with Gasteiger partial charge in [0, 0.05) is 19.7 Å². The second-order valence-electron chi connectivity index (χ2n) is 3.45. The molecule has 0 aromatic rings. The van der Waals surface area contributed by atoms with Gasteiger partial charge in [0.2, 0.25) is 10.0 Å². The maximum absolute atomic E-state index is 12.0. The first-order chi connectivity index (χ1) is 6.96. The van der Waals surface area contributed by atoms with Crippen molar-refractivity contribution in [3.63, 3.8) is 0 Å². The standard InChI is InChI=1S/C8H16N2O3S2/c1-7(8(9)14)15(11,12)10-3-2-5-13-6-4-10/h7H,2-6H2,1H3,(H2,9,14). The average molecular weight is 252 g/mol. The van der Waals surface area contributed by atoms with E-state index in [1.165, 1.54) is 11.2 Å². The van der Waals surface area contributed by atoms with Crippen LogP contribution in [0.4, 0.5) is 0 Å². The topological polar surface area (TPSA) is 72.6 Å². The Morgan fingerprint density at radius 2 is 2.13 bits per heavy atom. The SMILES string of the molecule is CC(C(N)=S)S(=O)(=O)N1CCCOCC1. The first-order valence-electron chi connectivity index (χ1n) is 4.82. The fraction of sp³-hybridized carbons (Fsp3) is 0.875. The first kappa shape index (κ1) is 12.8. The van der Waals surface area contributed by atoms with Gasteiger partial charge >= 0.3 is 0 Å². The Morgan fingerprint density at radius 3 is 2.73 bits per heavy atom. The van der Waals surface area contributed by atoms with E-state index >= 15 is 0 Å². The zero-order valence-corrected chi connectivity index (χ0v) is 10.3. The van der Waals surface area contributed by atoms with Gasteiger partial charge in [0.25, 0.3) is 0 Å². The molecule has 88 valence electrons. The van der Waals surface area contributed by atoms with Crippen LogP contribution in [0.3, 0.4) is 0 Å². The molecule has 1 aliphatic heterocycles. The van der Waals surface area contributed by atoms with E-state index in [1.807, 2.05) is 0 Å². The lowest BCUT2D eigenvalue weighted by atomic mass is 10.5. The second-order valence-corrected chi connectivity index (χ2v) is 6.18. The molecule has 0 spiro atoms. The highest BCUT2D eigenvalue weighted by atomic mass is 32.2. The average Bonchev–Trinajstić information content (AvgIpc) is 2.44. The number of nitrogens with two attached hydrogens (primary N) is 1. The van der Waals surface area contributed by atoms with Crippen molar-refractivity contribution in [2.75, 3.05) is 26.3 Å². The molecule has 1 fully saturated rings. The molecule has 0 saturated carbocycles. The maximum Gasteiger partial charge on any atom is 0.223 e. The summed E-state index contributed by atoms with van der Waals surface area (Å²) in [6.07, 6.45) is 0.712. The molecule has 7 heteroatoms. The Labute approximate surface area is 95.6 Å². The lowest BCUT2D eigenvalue weighted by Crippen LogP contribution is -2.44. The van der Waals surface area contributed by atoms with Crippen LogP contribution >= 0.6 is 12.2 Å². The summed E-state index contributed by atoms with van der Waals surface area (Å²) in [5.41, 5.74) is 5.36. The van der Waals surface area contributed by atoms with E-state index in [-0.39, 0.29) is 4.99 Å². The third-order valence-corrected chi connectivity index (χ3v) is 5.12. The monoisotopic (exact) mass is 252 g/mol. The van der Waals surface area contributed by atoms with Crippen molar-refractivity contribution in [3.05, 3.63) is 0 Å². The van der Waals surface area contributed by atoms with Crippen LogP contribution < -0.4 is 5.73 Å². The largest absolute Gasteiger partial charge is 0.392 e. The number of nitrogens with zero attached hydrogens (tertiary/aromatic N) is 1. The smallest absolute Gasteiger partial charge is 0.223 e. The van der Waals surface area contributed by atoms with Gasteiger partial charge in [0.05, 0.1) is 11.6 Å². The van der Waals surface area contributed by atoms with E-state index in [4.69, 9.17) is 22.7 Å². The van der Waals surface area contributed by atoms with Crippen molar-refractivity contribution in [1.29, 1.82) is 0 Å². The van der Waals surface area contributed by atoms with Gasteiger partial charge in [-0.1, -0.05) is 12.2 Å². The molecule has 5 nitrogen and oxygen atoms in total. The molecule has 15 heavy (non-hydrogen) atoms. The van der Waals surface area contributed by atoms with Gasteiger partial charge in [-0.2, -0.15) is 4.31 Å². The molecule has 0 aromatic carbocycles. The van der Waals surface area contributed by atoms with Crippen molar-refractivity contribution < 1.29 is 13.2 Å². The van der Waals surface area contributed by atoms with Crippen LogP contribution in [-0.4, -0.2) is 49.3 Å². The number of thiocarbonyl (C=S) groups is 1. The van der Waals surface area contributed by atoms with Crippen LogP contribution in [0.25, 0.3) is 0 Å². The fourth-order valence-corrected chi connectivity index (χ4v) is 3.17. The molecule has 0 radical (unpaired) electrons. The van der Waals surface area contributed by atoms with Gasteiger partial charge in [0.1, 0.15) is 5.25 Å². The summed E-state index contributed by atoms with van der Waals surface area (Å²) < 4.78 is 30.6. The quantitative estimate of drug-likeness (QED) is 0.699.